The molecule has 0 N–H and O–H groups in total. The number of ether oxygens (including phenoxy) is 1. The number of hydrogen-bond acceptors (Lipinski definition) is 6. The molecule has 40 heavy (non-hydrogen) atoms. The number of aromatic nitrogens is 1. The van der Waals surface area contributed by atoms with Crippen LogP contribution < -0.4 is 9.64 Å². The quantitative estimate of drug-likeness (QED) is 0.169. The topological polar surface area (TPSA) is 28.6 Å². The maximum atomic E-state index is 7.65. The molecule has 204 valence electrons. The van der Waals surface area contributed by atoms with Gasteiger partial charge in [0.25, 0.3) is 0 Å². The van der Waals surface area contributed by atoms with Crippen molar-refractivity contribution in [2.45, 2.75) is 26.2 Å². The Kier molecular flexibility index (Phi) is 6.08. The van der Waals surface area contributed by atoms with E-state index in [1.165, 1.54) is 38.8 Å². The van der Waals surface area contributed by atoms with Crippen LogP contribution in [0, 0.1) is 18.8 Å². The third-order valence-electron chi connectivity index (χ3n) is 6.88. The normalized spacial score (nSPS) is 14.9. The molecule has 0 fully saturated rings. The van der Waals surface area contributed by atoms with Crippen LogP contribution >= 0.6 is 22.7 Å². The van der Waals surface area contributed by atoms with Gasteiger partial charge in [-0.3, -0.25) is 4.98 Å². The second-order valence-corrected chi connectivity index (χ2v) is 12.5. The zero-order valence-electron chi connectivity index (χ0n) is 25.0. The molecule has 1 aliphatic rings. The largest absolute Gasteiger partial charge is 0.510 e. The van der Waals surface area contributed by atoms with Gasteiger partial charge in [0, 0.05) is 47.5 Å². The van der Waals surface area contributed by atoms with Crippen LogP contribution in [-0.2, 0) is 26.5 Å². The monoisotopic (exact) mass is 742 g/mol. The molecule has 0 aliphatic carbocycles. The first-order chi connectivity index (χ1) is 20.0. The first-order valence-corrected chi connectivity index (χ1v) is 14.3. The molecule has 0 unspecified atom stereocenters. The zero-order valence-corrected chi connectivity index (χ0v) is 25.9. The summed E-state index contributed by atoms with van der Waals surface area (Å²) in [6.45, 7) is 5.90. The maximum Gasteiger partial charge on any atom is 0.107 e. The van der Waals surface area contributed by atoms with E-state index in [9.17, 15) is 0 Å². The standard InChI is InChI=1S/C33H26N3OS2.Pt/c1-33(2,3)22-10-12-34-29(16-22)26-18-27-25(9-8-21-11-15-38-31(21)27)32-28(26)19-30(39-32)37-24-7-5-6-23(17-24)36-14-13-35(4)20-36;/h5-16,18,20H,1-4H3;/q-3;/i4D3;. The molecule has 0 bridgehead atoms. The minimum Gasteiger partial charge on any atom is -0.510 e. The third kappa shape index (κ3) is 4.83. The summed E-state index contributed by atoms with van der Waals surface area (Å²) < 4.78 is 31.6. The van der Waals surface area contributed by atoms with Crippen LogP contribution in [0.3, 0.4) is 0 Å². The van der Waals surface area contributed by atoms with Crippen molar-refractivity contribution in [3.05, 3.63) is 103 Å². The number of benzene rings is 3. The Morgan fingerprint density at radius 1 is 1.00 bits per heavy atom. The smallest absolute Gasteiger partial charge is 0.107 e. The summed E-state index contributed by atoms with van der Waals surface area (Å²) in [5.74, 6) is 0.517. The molecule has 0 atom stereocenters. The van der Waals surface area contributed by atoms with Crippen molar-refractivity contribution in [3.8, 4) is 22.1 Å². The van der Waals surface area contributed by atoms with Gasteiger partial charge in [-0.1, -0.05) is 48.6 Å². The van der Waals surface area contributed by atoms with E-state index in [4.69, 9.17) is 13.8 Å². The zero-order chi connectivity index (χ0) is 29.2. The number of hydrogen-bond donors (Lipinski definition) is 0. The summed E-state index contributed by atoms with van der Waals surface area (Å²) in [7, 11) is 0. The van der Waals surface area contributed by atoms with Crippen LogP contribution in [0.4, 0.5) is 5.69 Å². The Balaban J connectivity index is 0.00000329. The molecule has 0 spiro atoms. The van der Waals surface area contributed by atoms with Gasteiger partial charge in [0.05, 0.1) is 0 Å². The van der Waals surface area contributed by atoms with E-state index in [1.54, 1.807) is 33.8 Å². The maximum absolute atomic E-state index is 7.65. The fourth-order valence-corrected chi connectivity index (χ4v) is 6.80. The fourth-order valence-electron chi connectivity index (χ4n) is 4.86. The summed E-state index contributed by atoms with van der Waals surface area (Å²) >= 11 is 3.30. The number of rotatable bonds is 4. The van der Waals surface area contributed by atoms with E-state index >= 15 is 0 Å². The van der Waals surface area contributed by atoms with E-state index in [2.05, 4.69) is 74.7 Å². The van der Waals surface area contributed by atoms with Crippen LogP contribution in [0.1, 0.15) is 30.4 Å². The Morgan fingerprint density at radius 3 is 2.73 bits per heavy atom. The summed E-state index contributed by atoms with van der Waals surface area (Å²) in [6.07, 6.45) is 5.10. The second-order valence-electron chi connectivity index (χ2n) is 10.6. The van der Waals surface area contributed by atoms with Crippen molar-refractivity contribution in [1.82, 2.24) is 9.88 Å². The minimum absolute atomic E-state index is 0. The van der Waals surface area contributed by atoms with Gasteiger partial charge in [0.15, 0.2) is 0 Å². The number of nitrogens with zero attached hydrogens (tertiary/aromatic N) is 3. The van der Waals surface area contributed by atoms with E-state index in [0.717, 1.165) is 26.7 Å². The second kappa shape index (κ2) is 10.3. The van der Waals surface area contributed by atoms with Gasteiger partial charge in [0.1, 0.15) is 5.06 Å². The predicted molar refractivity (Wildman–Crippen MR) is 165 cm³/mol. The van der Waals surface area contributed by atoms with Crippen LogP contribution in [0.5, 0.6) is 10.8 Å². The van der Waals surface area contributed by atoms with Crippen LogP contribution in [0.25, 0.3) is 42.2 Å². The molecule has 7 heteroatoms. The van der Waals surface area contributed by atoms with Gasteiger partial charge in [-0.05, 0) is 64.7 Å². The van der Waals surface area contributed by atoms with Crippen LogP contribution in [0.2, 0.25) is 0 Å². The van der Waals surface area contributed by atoms with Crippen molar-refractivity contribution in [3.63, 3.8) is 0 Å². The Bertz CT molecular complexity index is 2010. The summed E-state index contributed by atoms with van der Waals surface area (Å²) in [5.41, 5.74) is 3.82. The molecule has 3 aromatic carbocycles. The first kappa shape index (κ1) is 23.5. The molecule has 0 amide bonds. The van der Waals surface area contributed by atoms with E-state index < -0.39 is 6.98 Å². The van der Waals surface area contributed by atoms with Gasteiger partial charge in [-0.15, -0.1) is 47.4 Å². The van der Waals surface area contributed by atoms with Crippen LogP contribution in [-0.4, -0.2) is 16.9 Å². The van der Waals surface area contributed by atoms with Gasteiger partial charge in [0.2, 0.25) is 0 Å². The van der Waals surface area contributed by atoms with Gasteiger partial charge in [-0.25, -0.2) is 0 Å². The number of fused-ring (bicyclic) bond motifs is 5. The van der Waals surface area contributed by atoms with Crippen molar-refractivity contribution in [2.75, 3.05) is 11.9 Å². The van der Waals surface area contributed by atoms with Crippen molar-refractivity contribution in [2.24, 2.45) is 0 Å². The molecule has 6 aromatic rings. The molecule has 7 rings (SSSR count). The van der Waals surface area contributed by atoms with Gasteiger partial charge in [-0.2, -0.15) is 29.5 Å². The fraction of sp³-hybridized carbons (Fsp3) is 0.152. The van der Waals surface area contributed by atoms with Crippen molar-refractivity contribution >= 4 is 59.3 Å². The Hall–Kier alpha value is -3.18. The average Bonchev–Trinajstić information content (AvgIpc) is 3.71. The SMILES string of the molecule is [2H]C([2H])([2H])N1C=CN(c2[c-]c(Oc3[c-]c4c(-c5cc(C(C)(C)C)ccn5)cc5c(ccc6ccsc65)c4s3)ccc2)[CH-]1.[Pt]. The van der Waals surface area contributed by atoms with Crippen molar-refractivity contribution < 1.29 is 29.9 Å². The van der Waals surface area contributed by atoms with E-state index in [1.807, 2.05) is 24.4 Å². The molecule has 4 heterocycles. The third-order valence-corrected chi connectivity index (χ3v) is 8.85. The number of anilines is 1. The molecule has 0 radical (unpaired) electrons. The minimum atomic E-state index is -2.25. The molecule has 0 saturated carbocycles. The summed E-state index contributed by atoms with van der Waals surface area (Å²) in [4.78, 5) is 7.70. The van der Waals surface area contributed by atoms with E-state index in [0.29, 0.717) is 16.5 Å². The number of thiophene rings is 2. The van der Waals surface area contributed by atoms with Crippen molar-refractivity contribution in [1.29, 1.82) is 0 Å². The molecule has 1 aliphatic heterocycles. The molecular formula is C33H26N3OPtS2-3. The first-order valence-electron chi connectivity index (χ1n) is 14.1. The summed E-state index contributed by atoms with van der Waals surface area (Å²) in [5, 5.41) is 7.30. The predicted octanol–water partition coefficient (Wildman–Crippen LogP) is 9.36. The Labute approximate surface area is 261 Å². The molecule has 4 nitrogen and oxygen atoms in total. The van der Waals surface area contributed by atoms with Gasteiger partial charge < -0.3 is 14.5 Å². The molecule has 3 aromatic heterocycles. The Morgan fingerprint density at radius 2 is 1.90 bits per heavy atom. The number of pyridine rings is 1. The molecule has 0 saturated heterocycles. The molecular weight excluding hydrogens is 714 g/mol. The summed E-state index contributed by atoms with van der Waals surface area (Å²) in [6, 6.07) is 25.4. The van der Waals surface area contributed by atoms with Gasteiger partial charge >= 0.3 is 0 Å². The average molecular weight is 743 g/mol. The van der Waals surface area contributed by atoms with Crippen LogP contribution in [0.15, 0.2) is 78.6 Å². The van der Waals surface area contributed by atoms with E-state index in [-0.39, 0.29) is 26.5 Å².